The van der Waals surface area contributed by atoms with Gasteiger partial charge in [0.2, 0.25) is 0 Å². The van der Waals surface area contributed by atoms with E-state index in [2.05, 4.69) is 36.2 Å². The van der Waals surface area contributed by atoms with E-state index < -0.39 is 0 Å². The predicted molar refractivity (Wildman–Crippen MR) is 110 cm³/mol. The summed E-state index contributed by atoms with van der Waals surface area (Å²) in [5.41, 5.74) is 1.75. The molecule has 3 rings (SSSR count). The molecule has 134 valence electrons. The highest BCUT2D eigenvalue weighted by Crippen LogP contribution is 2.37. The summed E-state index contributed by atoms with van der Waals surface area (Å²) in [6.45, 7) is 4.07. The quantitative estimate of drug-likeness (QED) is 0.470. The molecule has 1 atom stereocenters. The molecule has 0 aliphatic carbocycles. The minimum Gasteiger partial charge on any atom is -0.493 e. The molecule has 0 radical (unpaired) electrons. The number of hydrogen-bond donors (Lipinski definition) is 0. The molecule has 3 aromatic carbocycles. The summed E-state index contributed by atoms with van der Waals surface area (Å²) in [6, 6.07) is 18.1. The number of fused-ring (bicyclic) bond motifs is 1. The maximum atomic E-state index is 6.41. The SMILES string of the molecule is CC[C@H](C)Oc1c(Cl)cc(C=Nc2ccc3ccccc3c2)cc1OC. The van der Waals surface area contributed by atoms with E-state index in [9.17, 15) is 0 Å². The van der Waals surface area contributed by atoms with Crippen molar-refractivity contribution in [2.24, 2.45) is 4.99 Å². The molecular weight excluding hydrogens is 346 g/mol. The van der Waals surface area contributed by atoms with Crippen LogP contribution in [-0.2, 0) is 0 Å². The van der Waals surface area contributed by atoms with E-state index in [1.807, 2.05) is 37.3 Å². The lowest BCUT2D eigenvalue weighted by Crippen LogP contribution is -2.11. The van der Waals surface area contributed by atoms with E-state index in [-0.39, 0.29) is 6.10 Å². The van der Waals surface area contributed by atoms with Gasteiger partial charge in [-0.3, -0.25) is 4.99 Å². The number of rotatable bonds is 6. The molecular formula is C22H22ClNO2. The number of methoxy groups -OCH3 is 1. The van der Waals surface area contributed by atoms with Crippen molar-refractivity contribution < 1.29 is 9.47 Å². The van der Waals surface area contributed by atoms with Crippen LogP contribution >= 0.6 is 11.6 Å². The van der Waals surface area contributed by atoms with Crippen molar-refractivity contribution in [3.8, 4) is 11.5 Å². The molecule has 0 aliphatic rings. The summed E-state index contributed by atoms with van der Waals surface area (Å²) < 4.78 is 11.3. The molecule has 3 nitrogen and oxygen atoms in total. The first-order valence-corrected chi connectivity index (χ1v) is 9.05. The molecule has 0 saturated heterocycles. The van der Waals surface area contributed by atoms with E-state index in [0.717, 1.165) is 23.1 Å². The minimum absolute atomic E-state index is 0.0681. The van der Waals surface area contributed by atoms with E-state index in [4.69, 9.17) is 21.1 Å². The second kappa shape index (κ2) is 8.24. The third-order valence-corrected chi connectivity index (χ3v) is 4.52. The second-order valence-corrected chi connectivity index (χ2v) is 6.57. The summed E-state index contributed by atoms with van der Waals surface area (Å²) in [5.74, 6) is 1.18. The molecule has 0 bridgehead atoms. The summed E-state index contributed by atoms with van der Waals surface area (Å²) >= 11 is 6.41. The van der Waals surface area contributed by atoms with Gasteiger partial charge in [-0.1, -0.05) is 48.9 Å². The monoisotopic (exact) mass is 367 g/mol. The van der Waals surface area contributed by atoms with Crippen molar-refractivity contribution in [1.29, 1.82) is 0 Å². The van der Waals surface area contributed by atoms with Crippen molar-refractivity contribution in [1.82, 2.24) is 0 Å². The predicted octanol–water partition coefficient (Wildman–Crippen LogP) is 6.43. The van der Waals surface area contributed by atoms with Crippen LogP contribution in [-0.4, -0.2) is 19.4 Å². The molecule has 26 heavy (non-hydrogen) atoms. The molecule has 0 aromatic heterocycles. The fraction of sp³-hybridized carbons (Fsp3) is 0.227. The lowest BCUT2D eigenvalue weighted by Gasteiger charge is -2.17. The Morgan fingerprint density at radius 2 is 1.85 bits per heavy atom. The van der Waals surface area contributed by atoms with Crippen LogP contribution in [0.1, 0.15) is 25.8 Å². The number of aliphatic imine (C=N–C) groups is 1. The Balaban J connectivity index is 1.88. The molecule has 4 heteroatoms. The summed E-state index contributed by atoms with van der Waals surface area (Å²) in [7, 11) is 1.61. The van der Waals surface area contributed by atoms with Gasteiger partial charge in [0.05, 0.1) is 23.9 Å². The van der Waals surface area contributed by atoms with Gasteiger partial charge >= 0.3 is 0 Å². The normalized spacial score (nSPS) is 12.5. The number of halogens is 1. The summed E-state index contributed by atoms with van der Waals surface area (Å²) in [4.78, 5) is 4.57. The zero-order chi connectivity index (χ0) is 18.5. The molecule has 0 heterocycles. The van der Waals surface area contributed by atoms with Gasteiger partial charge in [-0.15, -0.1) is 0 Å². The first kappa shape index (κ1) is 18.3. The average Bonchev–Trinajstić information content (AvgIpc) is 2.67. The largest absolute Gasteiger partial charge is 0.493 e. The molecule has 0 N–H and O–H groups in total. The van der Waals surface area contributed by atoms with Crippen molar-refractivity contribution in [3.05, 3.63) is 65.2 Å². The Kier molecular flexibility index (Phi) is 5.79. The standard InChI is InChI=1S/C22H22ClNO2/c1-4-15(2)26-22-20(23)11-16(12-21(22)25-3)14-24-19-10-9-17-7-5-6-8-18(17)13-19/h5-15H,4H2,1-3H3/t15-/m0/s1. The topological polar surface area (TPSA) is 30.8 Å². The molecule has 0 amide bonds. The van der Waals surface area contributed by atoms with Crippen LogP contribution in [0.2, 0.25) is 5.02 Å². The average molecular weight is 368 g/mol. The maximum Gasteiger partial charge on any atom is 0.180 e. The third-order valence-electron chi connectivity index (χ3n) is 4.24. The maximum absolute atomic E-state index is 6.41. The van der Waals surface area contributed by atoms with Gasteiger partial charge in [-0.2, -0.15) is 0 Å². The first-order valence-electron chi connectivity index (χ1n) is 8.67. The molecule has 0 aliphatic heterocycles. The molecule has 3 aromatic rings. The lowest BCUT2D eigenvalue weighted by molar-refractivity contribution is 0.208. The Morgan fingerprint density at radius 1 is 1.08 bits per heavy atom. The Morgan fingerprint density at radius 3 is 2.58 bits per heavy atom. The highest BCUT2D eigenvalue weighted by Gasteiger charge is 2.14. The summed E-state index contributed by atoms with van der Waals surface area (Å²) in [6.07, 6.45) is 2.74. The van der Waals surface area contributed by atoms with Gasteiger partial charge in [0.15, 0.2) is 11.5 Å². The van der Waals surface area contributed by atoms with E-state index in [1.165, 1.54) is 5.39 Å². The summed E-state index contributed by atoms with van der Waals surface area (Å²) in [5, 5.41) is 2.88. The lowest BCUT2D eigenvalue weighted by atomic mass is 10.1. The van der Waals surface area contributed by atoms with Crippen molar-refractivity contribution >= 4 is 34.3 Å². The van der Waals surface area contributed by atoms with E-state index >= 15 is 0 Å². The van der Waals surface area contributed by atoms with Crippen LogP contribution in [0.3, 0.4) is 0 Å². The number of benzene rings is 3. The van der Waals surface area contributed by atoms with Gasteiger partial charge in [0.1, 0.15) is 0 Å². The second-order valence-electron chi connectivity index (χ2n) is 6.16. The highest BCUT2D eigenvalue weighted by atomic mass is 35.5. The van der Waals surface area contributed by atoms with Crippen LogP contribution in [0, 0.1) is 0 Å². The fourth-order valence-corrected chi connectivity index (χ4v) is 2.88. The Bertz CT molecular complexity index is 937. The van der Waals surface area contributed by atoms with Gasteiger partial charge in [-0.25, -0.2) is 0 Å². The van der Waals surface area contributed by atoms with Crippen molar-refractivity contribution in [2.75, 3.05) is 7.11 Å². The van der Waals surface area contributed by atoms with E-state index in [0.29, 0.717) is 16.5 Å². The van der Waals surface area contributed by atoms with Crippen LogP contribution in [0.15, 0.2) is 59.6 Å². The van der Waals surface area contributed by atoms with Gasteiger partial charge < -0.3 is 9.47 Å². The van der Waals surface area contributed by atoms with Crippen LogP contribution in [0.25, 0.3) is 10.8 Å². The number of hydrogen-bond acceptors (Lipinski definition) is 3. The third kappa shape index (κ3) is 4.17. The van der Waals surface area contributed by atoms with Crippen molar-refractivity contribution in [3.63, 3.8) is 0 Å². The first-order chi connectivity index (χ1) is 12.6. The zero-order valence-electron chi connectivity index (χ0n) is 15.2. The van der Waals surface area contributed by atoms with Crippen molar-refractivity contribution in [2.45, 2.75) is 26.4 Å². The minimum atomic E-state index is 0.0681. The number of nitrogens with zero attached hydrogens (tertiary/aromatic N) is 1. The Labute approximate surface area is 159 Å². The van der Waals surface area contributed by atoms with Gasteiger partial charge in [0, 0.05) is 6.21 Å². The van der Waals surface area contributed by atoms with Crippen LogP contribution in [0.5, 0.6) is 11.5 Å². The zero-order valence-corrected chi connectivity index (χ0v) is 16.0. The Hall–Kier alpha value is -2.52. The molecule has 0 unspecified atom stereocenters. The van der Waals surface area contributed by atoms with Crippen LogP contribution < -0.4 is 9.47 Å². The van der Waals surface area contributed by atoms with Crippen LogP contribution in [0.4, 0.5) is 5.69 Å². The fourth-order valence-electron chi connectivity index (χ4n) is 2.62. The smallest absolute Gasteiger partial charge is 0.180 e. The molecule has 0 fully saturated rings. The molecule has 0 spiro atoms. The van der Waals surface area contributed by atoms with Gasteiger partial charge in [0.25, 0.3) is 0 Å². The number of ether oxygens (including phenoxy) is 2. The highest BCUT2D eigenvalue weighted by molar-refractivity contribution is 6.32. The molecule has 0 saturated carbocycles. The van der Waals surface area contributed by atoms with Gasteiger partial charge in [-0.05, 0) is 53.9 Å². The van der Waals surface area contributed by atoms with E-state index in [1.54, 1.807) is 13.3 Å².